The minimum atomic E-state index is -0.149. The second-order valence-electron chi connectivity index (χ2n) is 4.97. The summed E-state index contributed by atoms with van der Waals surface area (Å²) >= 11 is 0. The molecule has 0 bridgehead atoms. The largest absolute Gasteiger partial charge is 0.496 e. The Morgan fingerprint density at radius 1 is 1.27 bits per heavy atom. The van der Waals surface area contributed by atoms with Crippen molar-refractivity contribution < 1.29 is 9.53 Å². The highest BCUT2D eigenvalue weighted by Gasteiger charge is 2.09. The van der Waals surface area contributed by atoms with E-state index in [1.165, 1.54) is 0 Å². The molecule has 0 spiro atoms. The number of amides is 1. The molecule has 0 atom stereocenters. The molecule has 112 valence electrons. The van der Waals surface area contributed by atoms with Crippen molar-refractivity contribution >= 4 is 22.6 Å². The molecule has 3 aromatic rings. The lowest BCUT2D eigenvalue weighted by molar-refractivity contribution is 0.102. The van der Waals surface area contributed by atoms with E-state index in [9.17, 15) is 4.79 Å². The number of fused-ring (bicyclic) bond motifs is 1. The number of imidazole rings is 1. The Hall–Kier alpha value is -2.82. The molecular weight excluding hydrogens is 278 g/mol. The quantitative estimate of drug-likeness (QED) is 0.775. The van der Waals surface area contributed by atoms with Gasteiger partial charge in [-0.05, 0) is 48.4 Å². The van der Waals surface area contributed by atoms with Crippen molar-refractivity contribution in [3.05, 3.63) is 53.9 Å². The minimum absolute atomic E-state index is 0.149. The Bertz CT molecular complexity index is 824. The molecule has 5 heteroatoms. The number of rotatable bonds is 4. The topological polar surface area (TPSA) is 67.0 Å². The fourth-order valence-electron chi connectivity index (χ4n) is 2.41. The van der Waals surface area contributed by atoms with Crippen LogP contribution in [0.5, 0.6) is 5.75 Å². The van der Waals surface area contributed by atoms with Crippen LogP contribution in [0, 0.1) is 0 Å². The summed E-state index contributed by atoms with van der Waals surface area (Å²) in [5.74, 6) is 0.683. The lowest BCUT2D eigenvalue weighted by Gasteiger charge is -2.10. The summed E-state index contributed by atoms with van der Waals surface area (Å²) < 4.78 is 5.30. The van der Waals surface area contributed by atoms with Crippen LogP contribution < -0.4 is 10.1 Å². The van der Waals surface area contributed by atoms with Gasteiger partial charge < -0.3 is 15.0 Å². The summed E-state index contributed by atoms with van der Waals surface area (Å²) in [6.07, 6.45) is 2.45. The van der Waals surface area contributed by atoms with Gasteiger partial charge in [-0.3, -0.25) is 4.79 Å². The maximum absolute atomic E-state index is 12.4. The first-order valence-electron chi connectivity index (χ1n) is 7.12. The highest BCUT2D eigenvalue weighted by atomic mass is 16.5. The maximum Gasteiger partial charge on any atom is 0.255 e. The Morgan fingerprint density at radius 3 is 2.91 bits per heavy atom. The Kier molecular flexibility index (Phi) is 3.78. The molecule has 1 amide bonds. The standard InChI is InChI=1S/C17H17N3O2/c1-3-11-8-13(5-7-16(11)22-2)20-17(21)12-4-6-14-15(9-12)19-10-18-14/h4-10H,3H2,1-2H3,(H,18,19)(H,20,21). The summed E-state index contributed by atoms with van der Waals surface area (Å²) in [5, 5.41) is 2.91. The van der Waals surface area contributed by atoms with E-state index in [0.717, 1.165) is 34.5 Å². The number of nitrogens with zero attached hydrogens (tertiary/aromatic N) is 1. The van der Waals surface area contributed by atoms with Crippen molar-refractivity contribution in [1.29, 1.82) is 0 Å². The number of hydrogen-bond acceptors (Lipinski definition) is 3. The second-order valence-corrected chi connectivity index (χ2v) is 4.97. The molecule has 2 aromatic carbocycles. The first kappa shape index (κ1) is 14.1. The maximum atomic E-state index is 12.4. The SMILES string of the molecule is CCc1cc(NC(=O)c2ccc3nc[nH]c3c2)ccc1OC. The van der Waals surface area contributed by atoms with Gasteiger partial charge in [0.25, 0.3) is 5.91 Å². The van der Waals surface area contributed by atoms with Crippen LogP contribution in [0.25, 0.3) is 11.0 Å². The molecule has 0 aliphatic carbocycles. The number of H-pyrrole nitrogens is 1. The van der Waals surface area contributed by atoms with Gasteiger partial charge in [0, 0.05) is 11.3 Å². The van der Waals surface area contributed by atoms with Gasteiger partial charge in [-0.1, -0.05) is 6.92 Å². The van der Waals surface area contributed by atoms with E-state index in [1.807, 2.05) is 24.3 Å². The van der Waals surface area contributed by atoms with Crippen molar-refractivity contribution in [2.45, 2.75) is 13.3 Å². The fraction of sp³-hybridized carbons (Fsp3) is 0.176. The molecule has 0 aliphatic rings. The molecule has 1 heterocycles. The molecule has 5 nitrogen and oxygen atoms in total. The van der Waals surface area contributed by atoms with Gasteiger partial charge in [0.05, 0.1) is 24.5 Å². The van der Waals surface area contributed by atoms with Crippen LogP contribution in [0.1, 0.15) is 22.8 Å². The molecule has 0 saturated heterocycles. The van der Waals surface area contributed by atoms with Crippen molar-refractivity contribution in [1.82, 2.24) is 9.97 Å². The Balaban J connectivity index is 1.84. The van der Waals surface area contributed by atoms with Gasteiger partial charge in [-0.15, -0.1) is 0 Å². The third-order valence-electron chi connectivity index (χ3n) is 3.60. The Labute approximate surface area is 128 Å². The fourth-order valence-corrected chi connectivity index (χ4v) is 2.41. The smallest absolute Gasteiger partial charge is 0.255 e. The number of hydrogen-bond donors (Lipinski definition) is 2. The van der Waals surface area contributed by atoms with Crippen LogP contribution >= 0.6 is 0 Å². The molecule has 0 fully saturated rings. The van der Waals surface area contributed by atoms with Crippen LogP contribution in [0.2, 0.25) is 0 Å². The molecule has 0 unspecified atom stereocenters. The first-order valence-corrected chi connectivity index (χ1v) is 7.12. The molecule has 0 saturated carbocycles. The third-order valence-corrected chi connectivity index (χ3v) is 3.60. The lowest BCUT2D eigenvalue weighted by Crippen LogP contribution is -2.12. The molecule has 1 aromatic heterocycles. The summed E-state index contributed by atoms with van der Waals surface area (Å²) in [4.78, 5) is 19.5. The van der Waals surface area contributed by atoms with E-state index in [4.69, 9.17) is 4.74 Å². The predicted octanol–water partition coefficient (Wildman–Crippen LogP) is 3.39. The van der Waals surface area contributed by atoms with Gasteiger partial charge in [-0.25, -0.2) is 4.98 Å². The summed E-state index contributed by atoms with van der Waals surface area (Å²) in [7, 11) is 1.65. The van der Waals surface area contributed by atoms with Crippen LogP contribution in [0.3, 0.4) is 0 Å². The highest BCUT2D eigenvalue weighted by Crippen LogP contribution is 2.23. The number of carbonyl (C=O) groups excluding carboxylic acids is 1. The zero-order valence-electron chi connectivity index (χ0n) is 12.5. The van der Waals surface area contributed by atoms with Crippen molar-refractivity contribution in [3.63, 3.8) is 0 Å². The van der Waals surface area contributed by atoms with E-state index in [-0.39, 0.29) is 5.91 Å². The van der Waals surface area contributed by atoms with E-state index in [0.29, 0.717) is 5.56 Å². The number of anilines is 1. The second kappa shape index (κ2) is 5.89. The molecule has 0 aliphatic heterocycles. The average Bonchev–Trinajstić information content (AvgIpc) is 3.02. The van der Waals surface area contributed by atoms with Crippen LogP contribution in [0.15, 0.2) is 42.7 Å². The normalized spacial score (nSPS) is 10.6. The molecule has 22 heavy (non-hydrogen) atoms. The number of methoxy groups -OCH3 is 1. The summed E-state index contributed by atoms with van der Waals surface area (Å²) in [6.45, 7) is 2.05. The summed E-state index contributed by atoms with van der Waals surface area (Å²) in [6, 6.07) is 11.0. The number of nitrogens with one attached hydrogen (secondary N) is 2. The molecule has 2 N–H and O–H groups in total. The van der Waals surface area contributed by atoms with E-state index >= 15 is 0 Å². The van der Waals surface area contributed by atoms with Crippen LogP contribution in [0.4, 0.5) is 5.69 Å². The van der Waals surface area contributed by atoms with Gasteiger partial charge in [-0.2, -0.15) is 0 Å². The molecular formula is C17H17N3O2. The number of aromatic nitrogens is 2. The number of aryl methyl sites for hydroxylation is 1. The number of ether oxygens (including phenoxy) is 1. The van der Waals surface area contributed by atoms with E-state index in [2.05, 4.69) is 22.2 Å². The van der Waals surface area contributed by atoms with Crippen molar-refractivity contribution in [2.75, 3.05) is 12.4 Å². The lowest BCUT2D eigenvalue weighted by atomic mass is 10.1. The van der Waals surface area contributed by atoms with Gasteiger partial charge in [0.15, 0.2) is 0 Å². The van der Waals surface area contributed by atoms with Crippen LogP contribution in [-0.2, 0) is 6.42 Å². The highest BCUT2D eigenvalue weighted by molar-refractivity contribution is 6.05. The van der Waals surface area contributed by atoms with Gasteiger partial charge in [0.1, 0.15) is 5.75 Å². The third kappa shape index (κ3) is 2.65. The number of carbonyl (C=O) groups is 1. The molecule has 0 radical (unpaired) electrons. The van der Waals surface area contributed by atoms with E-state index in [1.54, 1.807) is 25.6 Å². The van der Waals surface area contributed by atoms with Crippen LogP contribution in [-0.4, -0.2) is 23.0 Å². The number of aromatic amines is 1. The van der Waals surface area contributed by atoms with Crippen molar-refractivity contribution in [2.24, 2.45) is 0 Å². The zero-order chi connectivity index (χ0) is 15.5. The monoisotopic (exact) mass is 295 g/mol. The summed E-state index contributed by atoms with van der Waals surface area (Å²) in [5.41, 5.74) is 4.09. The minimum Gasteiger partial charge on any atom is -0.496 e. The Morgan fingerprint density at radius 2 is 2.14 bits per heavy atom. The van der Waals surface area contributed by atoms with Gasteiger partial charge in [0.2, 0.25) is 0 Å². The predicted molar refractivity (Wildman–Crippen MR) is 86.4 cm³/mol. The molecule has 3 rings (SSSR count). The first-order chi connectivity index (χ1) is 10.7. The van der Waals surface area contributed by atoms with Crippen molar-refractivity contribution in [3.8, 4) is 5.75 Å². The zero-order valence-corrected chi connectivity index (χ0v) is 12.5. The van der Waals surface area contributed by atoms with Gasteiger partial charge >= 0.3 is 0 Å². The average molecular weight is 295 g/mol. The van der Waals surface area contributed by atoms with E-state index < -0.39 is 0 Å². The number of benzene rings is 2.